The molecule has 0 radical (unpaired) electrons. The van der Waals surface area contributed by atoms with Gasteiger partial charge in [0.05, 0.1) is 0 Å². The summed E-state index contributed by atoms with van der Waals surface area (Å²) in [5.41, 5.74) is -2.24. The quantitative estimate of drug-likeness (QED) is 0.354. The average Bonchev–Trinajstić information content (AvgIpc) is 2.25. The molecule has 0 heterocycles. The first-order valence-electron chi connectivity index (χ1n) is 6.51. The Bertz CT molecular complexity index is 413. The predicted octanol–water partition coefficient (Wildman–Crippen LogP) is 0.600. The molecule has 8 nitrogen and oxygen atoms in total. The van der Waals surface area contributed by atoms with E-state index in [1.54, 1.807) is 20.8 Å². The van der Waals surface area contributed by atoms with E-state index in [9.17, 15) is 14.4 Å². The lowest BCUT2D eigenvalue weighted by molar-refractivity contribution is -0.159. The Morgan fingerprint density at radius 1 is 1.14 bits per heavy atom. The molecule has 122 valence electrons. The summed E-state index contributed by atoms with van der Waals surface area (Å²) in [5.74, 6) is 2.52. The predicted molar refractivity (Wildman–Crippen MR) is 74.2 cm³/mol. The molecule has 0 amide bonds. The summed E-state index contributed by atoms with van der Waals surface area (Å²) in [6.45, 7) is 7.67. The Balaban J connectivity index is 4.84. The molecule has 4 N–H and O–H groups in total. The number of esters is 1. The minimum absolute atomic E-state index is 0.141. The molecule has 0 saturated heterocycles. The van der Waals surface area contributed by atoms with Crippen LogP contribution in [0.5, 0.6) is 0 Å². The van der Waals surface area contributed by atoms with Gasteiger partial charge in [0, 0.05) is 6.42 Å². The molecule has 0 aromatic rings. The van der Waals surface area contributed by atoms with Gasteiger partial charge in [0.1, 0.15) is 17.2 Å². The fourth-order valence-electron chi connectivity index (χ4n) is 1.53. The van der Waals surface area contributed by atoms with E-state index in [4.69, 9.17) is 20.8 Å². The van der Waals surface area contributed by atoms with Crippen molar-refractivity contribution in [2.24, 2.45) is 5.84 Å². The number of carbonyl (C=O) groups is 3. The number of nitrogens with two attached hydrogens (primary N) is 1. The molecule has 0 spiro atoms. The van der Waals surface area contributed by atoms with Crippen molar-refractivity contribution < 1.29 is 29.3 Å². The molecule has 21 heavy (non-hydrogen) atoms. The van der Waals surface area contributed by atoms with Crippen LogP contribution < -0.4 is 5.84 Å². The largest absolute Gasteiger partial charge is 0.480 e. The summed E-state index contributed by atoms with van der Waals surface area (Å²) in [4.78, 5) is 34.0. The molecule has 0 unspecified atom stereocenters. The van der Waals surface area contributed by atoms with Crippen LogP contribution in [0.3, 0.4) is 0 Å². The lowest BCUT2D eigenvalue weighted by Gasteiger charge is -2.35. The summed E-state index contributed by atoms with van der Waals surface area (Å²) in [6, 6.07) is -1.30. The van der Waals surface area contributed by atoms with Crippen LogP contribution in [0.4, 0.5) is 0 Å². The van der Waals surface area contributed by atoms with Gasteiger partial charge in [0.2, 0.25) is 0 Å². The minimum atomic E-state index is -1.57. The second-order valence-electron chi connectivity index (χ2n) is 6.25. The van der Waals surface area contributed by atoms with Crippen molar-refractivity contribution in [3.8, 4) is 0 Å². The summed E-state index contributed by atoms with van der Waals surface area (Å²) >= 11 is 0. The summed E-state index contributed by atoms with van der Waals surface area (Å²) in [7, 11) is 0. The van der Waals surface area contributed by atoms with Gasteiger partial charge in [0.25, 0.3) is 0 Å². The van der Waals surface area contributed by atoms with Crippen LogP contribution in [0.2, 0.25) is 0 Å². The van der Waals surface area contributed by atoms with Crippen molar-refractivity contribution in [3.63, 3.8) is 0 Å². The number of aliphatic carboxylic acids is 2. The van der Waals surface area contributed by atoms with Gasteiger partial charge in [-0.25, -0.2) is 5.01 Å². The first-order valence-corrected chi connectivity index (χ1v) is 6.51. The van der Waals surface area contributed by atoms with E-state index in [1.165, 1.54) is 13.8 Å². The van der Waals surface area contributed by atoms with Gasteiger partial charge < -0.3 is 14.9 Å². The highest BCUT2D eigenvalue weighted by Crippen LogP contribution is 2.18. The molecule has 0 aliphatic rings. The van der Waals surface area contributed by atoms with Crippen LogP contribution in [-0.4, -0.2) is 50.3 Å². The number of ether oxygens (including phenoxy) is 1. The summed E-state index contributed by atoms with van der Waals surface area (Å²) < 4.78 is 5.07. The molecule has 0 bridgehead atoms. The lowest BCUT2D eigenvalue weighted by atomic mass is 10.0. The molecule has 0 aromatic heterocycles. The van der Waals surface area contributed by atoms with Crippen LogP contribution in [0, 0.1) is 0 Å². The van der Waals surface area contributed by atoms with E-state index < -0.39 is 35.1 Å². The van der Waals surface area contributed by atoms with E-state index >= 15 is 0 Å². The fourth-order valence-corrected chi connectivity index (χ4v) is 1.53. The number of carbonyl (C=O) groups excluding carboxylic acids is 1. The van der Waals surface area contributed by atoms with E-state index in [2.05, 4.69) is 0 Å². The topological polar surface area (TPSA) is 130 Å². The molecule has 0 aliphatic carbocycles. The van der Waals surface area contributed by atoms with E-state index in [1.807, 2.05) is 0 Å². The molecule has 0 aliphatic heterocycles. The average molecular weight is 304 g/mol. The molecule has 0 saturated carbocycles. The highest BCUT2D eigenvalue weighted by molar-refractivity contribution is 5.80. The third-order valence-electron chi connectivity index (χ3n) is 2.83. The van der Waals surface area contributed by atoms with Crippen molar-refractivity contribution in [1.29, 1.82) is 0 Å². The number of rotatable bonds is 7. The third-order valence-corrected chi connectivity index (χ3v) is 2.83. The zero-order valence-corrected chi connectivity index (χ0v) is 13.0. The zero-order chi connectivity index (χ0) is 17.0. The Morgan fingerprint density at radius 3 is 1.95 bits per heavy atom. The summed E-state index contributed by atoms with van der Waals surface area (Å²) in [5, 5.41) is 19.0. The SMILES string of the molecule is CC(C)(C)OC(=O)CC[C@@H](C(=O)O)N(N)C(C)(C)C(=O)O. The first kappa shape index (κ1) is 19.3. The highest BCUT2D eigenvalue weighted by atomic mass is 16.6. The molecule has 0 aromatic carbocycles. The number of hydrogen-bond donors (Lipinski definition) is 3. The Kier molecular flexibility index (Phi) is 6.31. The Labute approximate surface area is 123 Å². The van der Waals surface area contributed by atoms with E-state index in [0.29, 0.717) is 0 Å². The van der Waals surface area contributed by atoms with Crippen LogP contribution in [-0.2, 0) is 19.1 Å². The first-order chi connectivity index (χ1) is 9.29. The van der Waals surface area contributed by atoms with Gasteiger partial charge in [0.15, 0.2) is 0 Å². The van der Waals surface area contributed by atoms with Crippen molar-refractivity contribution >= 4 is 17.9 Å². The second kappa shape index (κ2) is 6.86. The minimum Gasteiger partial charge on any atom is -0.480 e. The summed E-state index contributed by atoms with van der Waals surface area (Å²) in [6.07, 6.45) is -0.310. The van der Waals surface area contributed by atoms with Crippen LogP contribution >= 0.6 is 0 Å². The van der Waals surface area contributed by atoms with Crippen molar-refractivity contribution in [3.05, 3.63) is 0 Å². The Morgan fingerprint density at radius 2 is 1.62 bits per heavy atom. The highest BCUT2D eigenvalue weighted by Gasteiger charge is 2.40. The van der Waals surface area contributed by atoms with Crippen molar-refractivity contribution in [1.82, 2.24) is 5.01 Å². The van der Waals surface area contributed by atoms with Gasteiger partial charge in [-0.05, 0) is 41.0 Å². The standard InChI is InChI=1S/C13H24N2O6/c1-12(2,3)21-9(16)7-6-8(10(17)18)15(14)13(4,5)11(19)20/h8H,6-7,14H2,1-5H3,(H,17,18)(H,19,20)/t8-/m0/s1. The molecule has 0 rings (SSSR count). The molecule has 8 heteroatoms. The van der Waals surface area contributed by atoms with Crippen LogP contribution in [0.15, 0.2) is 0 Å². The smallest absolute Gasteiger partial charge is 0.324 e. The van der Waals surface area contributed by atoms with Crippen LogP contribution in [0.25, 0.3) is 0 Å². The lowest BCUT2D eigenvalue weighted by Crippen LogP contribution is -2.60. The number of carboxylic acids is 2. The van der Waals surface area contributed by atoms with Crippen molar-refractivity contribution in [2.75, 3.05) is 0 Å². The maximum Gasteiger partial charge on any atom is 0.324 e. The fraction of sp³-hybridized carbons (Fsp3) is 0.769. The number of nitrogens with zero attached hydrogens (tertiary/aromatic N) is 1. The number of carboxylic acid groups (broad SMARTS) is 2. The number of hydrogen-bond acceptors (Lipinski definition) is 6. The maximum atomic E-state index is 11.6. The molecular formula is C13H24N2O6. The number of hydrazine groups is 1. The molecular weight excluding hydrogens is 280 g/mol. The Hall–Kier alpha value is -1.67. The maximum absolute atomic E-state index is 11.6. The van der Waals surface area contributed by atoms with E-state index in [-0.39, 0.29) is 12.8 Å². The third kappa shape index (κ3) is 6.09. The van der Waals surface area contributed by atoms with E-state index in [0.717, 1.165) is 5.01 Å². The van der Waals surface area contributed by atoms with Gasteiger partial charge >= 0.3 is 17.9 Å². The van der Waals surface area contributed by atoms with Gasteiger partial charge in [-0.3, -0.25) is 20.2 Å². The molecule has 1 atom stereocenters. The molecule has 0 fully saturated rings. The van der Waals surface area contributed by atoms with Gasteiger partial charge in [-0.1, -0.05) is 0 Å². The van der Waals surface area contributed by atoms with Crippen LogP contribution in [0.1, 0.15) is 47.5 Å². The zero-order valence-electron chi connectivity index (χ0n) is 13.0. The van der Waals surface area contributed by atoms with Crippen molar-refractivity contribution in [2.45, 2.75) is 64.6 Å². The monoisotopic (exact) mass is 304 g/mol. The normalized spacial score (nSPS) is 13.9. The second-order valence-corrected chi connectivity index (χ2v) is 6.25. The van der Waals surface area contributed by atoms with Gasteiger partial charge in [-0.2, -0.15) is 0 Å². The van der Waals surface area contributed by atoms with Gasteiger partial charge in [-0.15, -0.1) is 0 Å².